The summed E-state index contributed by atoms with van der Waals surface area (Å²) in [6.45, 7) is 7.91. The topological polar surface area (TPSA) is 80.9 Å². The maximum absolute atomic E-state index is 11.1. The van der Waals surface area contributed by atoms with Crippen LogP contribution in [0.3, 0.4) is 0 Å². The molecule has 1 heterocycles. The van der Waals surface area contributed by atoms with Crippen molar-refractivity contribution in [2.24, 2.45) is 0 Å². The molecule has 19 heavy (non-hydrogen) atoms. The molecule has 6 heteroatoms. The van der Waals surface area contributed by atoms with E-state index in [2.05, 4.69) is 15.5 Å². The first-order chi connectivity index (χ1) is 8.80. The predicted molar refractivity (Wildman–Crippen MR) is 69.6 cm³/mol. The number of carboxylic acid groups (broad SMARTS) is 1. The van der Waals surface area contributed by atoms with Crippen molar-refractivity contribution in [3.05, 3.63) is 35.2 Å². The molecule has 1 aromatic carbocycles. The van der Waals surface area contributed by atoms with Crippen LogP contribution < -0.4 is 0 Å². The van der Waals surface area contributed by atoms with Crippen molar-refractivity contribution in [1.82, 2.24) is 20.2 Å². The molecule has 1 N–H and O–H groups in total. The number of carboxylic acids is 1. The standard InChI is InChI=1S/C13H16N4O2/c1-8-5-6-9(11(18)19)7-10(8)17-12(13(2,3)4)14-15-16-17/h5-7H,1-4H3,(H,18,19). The summed E-state index contributed by atoms with van der Waals surface area (Å²) in [6, 6.07) is 4.92. The molecule has 0 radical (unpaired) electrons. The van der Waals surface area contributed by atoms with Gasteiger partial charge >= 0.3 is 5.97 Å². The van der Waals surface area contributed by atoms with Crippen LogP contribution in [0, 0.1) is 6.92 Å². The van der Waals surface area contributed by atoms with Crippen molar-refractivity contribution in [3.63, 3.8) is 0 Å². The lowest BCUT2D eigenvalue weighted by Gasteiger charge is -2.18. The molecule has 1 aromatic heterocycles. The van der Waals surface area contributed by atoms with E-state index in [9.17, 15) is 4.79 Å². The van der Waals surface area contributed by atoms with Gasteiger partial charge in [0.25, 0.3) is 0 Å². The Morgan fingerprint density at radius 2 is 2.00 bits per heavy atom. The van der Waals surface area contributed by atoms with Gasteiger partial charge in [-0.05, 0) is 35.0 Å². The molecule has 100 valence electrons. The number of hydrogen-bond donors (Lipinski definition) is 1. The molecular formula is C13H16N4O2. The van der Waals surface area contributed by atoms with Gasteiger partial charge in [0.1, 0.15) is 0 Å². The zero-order valence-corrected chi connectivity index (χ0v) is 11.4. The zero-order chi connectivity index (χ0) is 14.2. The second-order valence-electron chi connectivity index (χ2n) is 5.47. The largest absolute Gasteiger partial charge is 0.478 e. The maximum atomic E-state index is 11.1. The maximum Gasteiger partial charge on any atom is 0.335 e. The Labute approximate surface area is 111 Å². The van der Waals surface area contributed by atoms with Crippen LogP contribution in [0.4, 0.5) is 0 Å². The summed E-state index contributed by atoms with van der Waals surface area (Å²) in [4.78, 5) is 11.1. The highest BCUT2D eigenvalue weighted by atomic mass is 16.4. The Bertz CT molecular complexity index is 626. The van der Waals surface area contributed by atoms with Crippen LogP contribution in [0.2, 0.25) is 0 Å². The zero-order valence-electron chi connectivity index (χ0n) is 11.4. The monoisotopic (exact) mass is 260 g/mol. The summed E-state index contributed by atoms with van der Waals surface area (Å²) >= 11 is 0. The quantitative estimate of drug-likeness (QED) is 0.892. The van der Waals surface area contributed by atoms with Crippen molar-refractivity contribution in [1.29, 1.82) is 0 Å². The summed E-state index contributed by atoms with van der Waals surface area (Å²) in [5.74, 6) is -0.273. The van der Waals surface area contributed by atoms with Crippen LogP contribution >= 0.6 is 0 Å². The molecule has 0 aliphatic heterocycles. The normalized spacial score (nSPS) is 11.6. The molecule has 6 nitrogen and oxygen atoms in total. The van der Waals surface area contributed by atoms with E-state index in [-0.39, 0.29) is 11.0 Å². The summed E-state index contributed by atoms with van der Waals surface area (Å²) in [7, 11) is 0. The molecule has 0 saturated carbocycles. The molecular weight excluding hydrogens is 244 g/mol. The van der Waals surface area contributed by atoms with Gasteiger partial charge in [-0.15, -0.1) is 5.10 Å². The Kier molecular flexibility index (Phi) is 3.09. The number of carbonyl (C=O) groups is 1. The van der Waals surface area contributed by atoms with Crippen molar-refractivity contribution < 1.29 is 9.90 Å². The van der Waals surface area contributed by atoms with E-state index in [1.54, 1.807) is 22.9 Å². The van der Waals surface area contributed by atoms with Gasteiger partial charge in [-0.25, -0.2) is 4.79 Å². The molecule has 0 unspecified atom stereocenters. The fraction of sp³-hybridized carbons (Fsp3) is 0.385. The molecule has 0 amide bonds. The minimum absolute atomic E-state index is 0.218. The molecule has 0 fully saturated rings. The Morgan fingerprint density at radius 3 is 2.58 bits per heavy atom. The van der Waals surface area contributed by atoms with Gasteiger partial charge in [0.15, 0.2) is 5.82 Å². The first kappa shape index (κ1) is 13.2. The first-order valence-corrected chi connectivity index (χ1v) is 5.94. The lowest BCUT2D eigenvalue weighted by molar-refractivity contribution is 0.0697. The van der Waals surface area contributed by atoms with Crippen molar-refractivity contribution >= 4 is 5.97 Å². The number of aromatic nitrogens is 4. The fourth-order valence-electron chi connectivity index (χ4n) is 1.79. The van der Waals surface area contributed by atoms with Crippen LogP contribution in [0.15, 0.2) is 18.2 Å². The Hall–Kier alpha value is -2.24. The molecule has 0 spiro atoms. The molecule has 0 atom stereocenters. The van der Waals surface area contributed by atoms with Crippen LogP contribution in [-0.2, 0) is 5.41 Å². The van der Waals surface area contributed by atoms with Crippen LogP contribution in [0.5, 0.6) is 0 Å². The fourth-order valence-corrected chi connectivity index (χ4v) is 1.79. The number of aryl methyl sites for hydroxylation is 1. The average molecular weight is 260 g/mol. The molecule has 0 bridgehead atoms. The summed E-state index contributed by atoms with van der Waals surface area (Å²) < 4.78 is 1.60. The van der Waals surface area contributed by atoms with Crippen LogP contribution in [-0.4, -0.2) is 31.3 Å². The van der Waals surface area contributed by atoms with Crippen LogP contribution in [0.25, 0.3) is 5.69 Å². The Balaban J connectivity index is 2.62. The molecule has 0 aliphatic rings. The van der Waals surface area contributed by atoms with E-state index in [4.69, 9.17) is 5.11 Å². The van der Waals surface area contributed by atoms with Crippen LogP contribution in [0.1, 0.15) is 42.5 Å². The van der Waals surface area contributed by atoms with E-state index >= 15 is 0 Å². The minimum Gasteiger partial charge on any atom is -0.478 e. The highest BCUT2D eigenvalue weighted by Crippen LogP contribution is 2.23. The minimum atomic E-state index is -0.966. The number of nitrogens with zero attached hydrogens (tertiary/aromatic N) is 4. The third-order valence-electron chi connectivity index (χ3n) is 2.82. The van der Waals surface area contributed by atoms with Gasteiger partial charge in [0.05, 0.1) is 11.3 Å². The van der Waals surface area contributed by atoms with Gasteiger partial charge in [-0.3, -0.25) is 0 Å². The van der Waals surface area contributed by atoms with Gasteiger partial charge in [-0.2, -0.15) is 4.68 Å². The molecule has 0 saturated heterocycles. The van der Waals surface area contributed by atoms with E-state index in [0.717, 1.165) is 5.56 Å². The average Bonchev–Trinajstić information content (AvgIpc) is 2.77. The lowest BCUT2D eigenvalue weighted by atomic mass is 9.95. The SMILES string of the molecule is Cc1ccc(C(=O)O)cc1-n1nnnc1C(C)(C)C. The van der Waals surface area contributed by atoms with Crippen molar-refractivity contribution in [2.45, 2.75) is 33.1 Å². The molecule has 0 aliphatic carbocycles. The molecule has 2 rings (SSSR count). The smallest absolute Gasteiger partial charge is 0.335 e. The summed E-state index contributed by atoms with van der Waals surface area (Å²) in [5.41, 5.74) is 1.60. The van der Waals surface area contributed by atoms with Crippen molar-refractivity contribution in [2.75, 3.05) is 0 Å². The second-order valence-corrected chi connectivity index (χ2v) is 5.47. The lowest BCUT2D eigenvalue weighted by Crippen LogP contribution is -2.19. The van der Waals surface area contributed by atoms with Crippen molar-refractivity contribution in [3.8, 4) is 5.69 Å². The highest BCUT2D eigenvalue weighted by molar-refractivity contribution is 5.88. The third kappa shape index (κ3) is 2.47. The number of tetrazole rings is 1. The summed E-state index contributed by atoms with van der Waals surface area (Å²) in [6.07, 6.45) is 0. The number of aromatic carboxylic acids is 1. The van der Waals surface area contributed by atoms with E-state index < -0.39 is 5.97 Å². The van der Waals surface area contributed by atoms with Gasteiger partial charge in [0.2, 0.25) is 0 Å². The highest BCUT2D eigenvalue weighted by Gasteiger charge is 2.23. The predicted octanol–water partition coefficient (Wildman–Crippen LogP) is 1.97. The second kappa shape index (κ2) is 4.46. The van der Waals surface area contributed by atoms with Gasteiger partial charge in [0, 0.05) is 5.41 Å². The third-order valence-corrected chi connectivity index (χ3v) is 2.82. The summed E-state index contributed by atoms with van der Waals surface area (Å²) in [5, 5.41) is 20.8. The molecule has 2 aromatic rings. The van der Waals surface area contributed by atoms with E-state index in [1.165, 1.54) is 0 Å². The van der Waals surface area contributed by atoms with E-state index in [0.29, 0.717) is 11.5 Å². The van der Waals surface area contributed by atoms with E-state index in [1.807, 2.05) is 27.7 Å². The number of benzene rings is 1. The van der Waals surface area contributed by atoms with Gasteiger partial charge in [-0.1, -0.05) is 26.8 Å². The Morgan fingerprint density at radius 1 is 1.32 bits per heavy atom. The first-order valence-electron chi connectivity index (χ1n) is 5.94. The number of rotatable bonds is 2. The number of hydrogen-bond acceptors (Lipinski definition) is 4. The van der Waals surface area contributed by atoms with Gasteiger partial charge < -0.3 is 5.11 Å².